The fourth-order valence-corrected chi connectivity index (χ4v) is 1.14. The van der Waals surface area contributed by atoms with Gasteiger partial charge in [0.25, 0.3) is 0 Å². The molecular weight excluding hydrogens is 227 g/mol. The third-order valence-corrected chi connectivity index (χ3v) is 1.90. The third-order valence-electron chi connectivity index (χ3n) is 1.90. The highest BCUT2D eigenvalue weighted by Gasteiger charge is 2.32. The summed E-state index contributed by atoms with van der Waals surface area (Å²) >= 11 is 0. The number of aliphatic hydroxyl groups is 1. The van der Waals surface area contributed by atoms with Gasteiger partial charge in [0.2, 0.25) is 11.8 Å². The average Bonchev–Trinajstić information content (AvgIpc) is 2.18. The maximum absolute atomic E-state index is 11.9. The summed E-state index contributed by atoms with van der Waals surface area (Å²) in [5.74, 6) is -0.662. The van der Waals surface area contributed by atoms with E-state index >= 15 is 0 Å². The molecule has 1 rings (SSSR count). The van der Waals surface area contributed by atoms with Gasteiger partial charge in [0.05, 0.1) is 13.7 Å². The van der Waals surface area contributed by atoms with Gasteiger partial charge >= 0.3 is 6.36 Å². The van der Waals surface area contributed by atoms with Gasteiger partial charge in [0, 0.05) is 11.6 Å². The summed E-state index contributed by atoms with van der Waals surface area (Å²) < 4.78 is 44.3. The Hall–Kier alpha value is -1.50. The Morgan fingerprint density at radius 1 is 1.44 bits per heavy atom. The SMILES string of the molecule is COc1nc(OC(F)(F)F)cc(CO)c1C. The van der Waals surface area contributed by atoms with Gasteiger partial charge in [-0.05, 0) is 12.5 Å². The van der Waals surface area contributed by atoms with E-state index in [2.05, 4.69) is 9.72 Å². The van der Waals surface area contributed by atoms with Crippen molar-refractivity contribution in [2.24, 2.45) is 0 Å². The van der Waals surface area contributed by atoms with Crippen LogP contribution in [0, 0.1) is 6.92 Å². The van der Waals surface area contributed by atoms with E-state index in [9.17, 15) is 13.2 Å². The number of ether oxygens (including phenoxy) is 2. The van der Waals surface area contributed by atoms with Gasteiger partial charge in [0.1, 0.15) is 0 Å². The number of hydrogen-bond acceptors (Lipinski definition) is 4. The second-order valence-corrected chi connectivity index (χ2v) is 2.96. The minimum Gasteiger partial charge on any atom is -0.481 e. The van der Waals surface area contributed by atoms with Gasteiger partial charge in [-0.3, -0.25) is 0 Å². The van der Waals surface area contributed by atoms with Gasteiger partial charge < -0.3 is 14.6 Å². The normalized spacial score (nSPS) is 11.4. The molecule has 0 aliphatic heterocycles. The number of methoxy groups -OCH3 is 1. The lowest BCUT2D eigenvalue weighted by Gasteiger charge is -2.12. The van der Waals surface area contributed by atoms with Gasteiger partial charge in [-0.25, -0.2) is 0 Å². The molecular formula is C9H10F3NO3. The van der Waals surface area contributed by atoms with Crippen LogP contribution in [0.3, 0.4) is 0 Å². The Bertz CT molecular complexity index is 354. The van der Waals surface area contributed by atoms with Gasteiger partial charge in [-0.1, -0.05) is 0 Å². The molecule has 1 aromatic heterocycles. The van der Waals surface area contributed by atoms with Crippen molar-refractivity contribution in [2.75, 3.05) is 7.11 Å². The smallest absolute Gasteiger partial charge is 0.481 e. The summed E-state index contributed by atoms with van der Waals surface area (Å²) in [4.78, 5) is 3.51. The number of alkyl halides is 3. The topological polar surface area (TPSA) is 51.6 Å². The minimum absolute atomic E-state index is 0.00852. The zero-order chi connectivity index (χ0) is 12.3. The average molecular weight is 237 g/mol. The number of nitrogens with zero attached hydrogens (tertiary/aromatic N) is 1. The van der Waals surface area contributed by atoms with E-state index in [1.807, 2.05) is 0 Å². The monoisotopic (exact) mass is 237 g/mol. The summed E-state index contributed by atoms with van der Waals surface area (Å²) in [6.07, 6.45) is -4.82. The maximum Gasteiger partial charge on any atom is 0.574 e. The summed E-state index contributed by atoms with van der Waals surface area (Å²) in [5.41, 5.74) is 0.741. The second-order valence-electron chi connectivity index (χ2n) is 2.96. The van der Waals surface area contributed by atoms with E-state index in [-0.39, 0.29) is 11.4 Å². The highest BCUT2D eigenvalue weighted by atomic mass is 19.4. The molecule has 0 fully saturated rings. The lowest BCUT2D eigenvalue weighted by molar-refractivity contribution is -0.276. The van der Waals surface area contributed by atoms with Crippen molar-refractivity contribution in [3.8, 4) is 11.8 Å². The first-order chi connectivity index (χ1) is 7.37. The van der Waals surface area contributed by atoms with Crippen LogP contribution in [0.15, 0.2) is 6.07 Å². The molecule has 0 saturated heterocycles. The van der Waals surface area contributed by atoms with E-state index in [0.717, 1.165) is 6.07 Å². The number of aliphatic hydroxyl groups excluding tert-OH is 1. The molecule has 1 N–H and O–H groups in total. The van der Waals surface area contributed by atoms with Crippen LogP contribution < -0.4 is 9.47 Å². The Morgan fingerprint density at radius 3 is 2.50 bits per heavy atom. The Balaban J connectivity index is 3.12. The lowest BCUT2D eigenvalue weighted by atomic mass is 10.1. The zero-order valence-electron chi connectivity index (χ0n) is 8.63. The standard InChI is InChI=1S/C9H10F3NO3/c1-5-6(4-14)3-7(13-8(5)15-2)16-9(10,11)12/h3,14H,4H2,1-2H3. The van der Waals surface area contributed by atoms with Crippen LogP contribution in [0.2, 0.25) is 0 Å². The van der Waals surface area contributed by atoms with E-state index in [1.54, 1.807) is 6.92 Å². The lowest BCUT2D eigenvalue weighted by Crippen LogP contribution is -2.18. The molecule has 4 nitrogen and oxygen atoms in total. The third kappa shape index (κ3) is 2.99. The first kappa shape index (κ1) is 12.6. The number of halogens is 3. The fraction of sp³-hybridized carbons (Fsp3) is 0.444. The molecule has 7 heteroatoms. The van der Waals surface area contributed by atoms with Crippen LogP contribution in [0.25, 0.3) is 0 Å². The van der Waals surface area contributed by atoms with E-state index in [0.29, 0.717) is 5.56 Å². The van der Waals surface area contributed by atoms with Crippen LogP contribution in [0.1, 0.15) is 11.1 Å². The summed E-state index contributed by atoms with van der Waals surface area (Å²) in [7, 11) is 1.27. The zero-order valence-corrected chi connectivity index (χ0v) is 8.63. The number of hydrogen-bond donors (Lipinski definition) is 1. The summed E-state index contributed by atoms with van der Waals surface area (Å²) in [5, 5.41) is 8.94. The molecule has 0 radical (unpaired) electrons. The molecule has 90 valence electrons. The Kier molecular flexibility index (Phi) is 3.58. The predicted molar refractivity (Wildman–Crippen MR) is 48.1 cm³/mol. The minimum atomic E-state index is -4.82. The molecule has 0 amide bonds. The van der Waals surface area contributed by atoms with Crippen molar-refractivity contribution in [3.05, 3.63) is 17.2 Å². The largest absolute Gasteiger partial charge is 0.574 e. The first-order valence-electron chi connectivity index (χ1n) is 4.28. The molecule has 0 bridgehead atoms. The maximum atomic E-state index is 11.9. The van der Waals surface area contributed by atoms with Crippen molar-refractivity contribution in [2.45, 2.75) is 19.9 Å². The molecule has 0 unspecified atom stereocenters. The second kappa shape index (κ2) is 4.56. The molecule has 0 spiro atoms. The van der Waals surface area contributed by atoms with E-state index in [4.69, 9.17) is 9.84 Å². The van der Waals surface area contributed by atoms with Gasteiger partial charge in [-0.15, -0.1) is 13.2 Å². The molecule has 0 aliphatic rings. The van der Waals surface area contributed by atoms with Crippen LogP contribution in [0.4, 0.5) is 13.2 Å². The molecule has 1 aromatic rings. The van der Waals surface area contributed by atoms with Crippen LogP contribution in [0.5, 0.6) is 11.8 Å². The molecule has 0 saturated carbocycles. The molecule has 0 aliphatic carbocycles. The number of aromatic nitrogens is 1. The van der Waals surface area contributed by atoms with Crippen LogP contribution in [-0.2, 0) is 6.61 Å². The Labute approximate surface area is 89.6 Å². The summed E-state index contributed by atoms with van der Waals surface area (Å²) in [6.45, 7) is 1.16. The van der Waals surface area contributed by atoms with Crippen molar-refractivity contribution < 1.29 is 27.8 Å². The highest BCUT2D eigenvalue weighted by molar-refractivity contribution is 5.37. The predicted octanol–water partition coefficient (Wildman–Crippen LogP) is 1.79. The van der Waals surface area contributed by atoms with E-state index in [1.165, 1.54) is 7.11 Å². The molecule has 16 heavy (non-hydrogen) atoms. The first-order valence-corrected chi connectivity index (χ1v) is 4.28. The van der Waals surface area contributed by atoms with Crippen molar-refractivity contribution in [1.82, 2.24) is 4.98 Å². The fourth-order valence-electron chi connectivity index (χ4n) is 1.14. The van der Waals surface area contributed by atoms with E-state index < -0.39 is 18.8 Å². The molecule has 0 atom stereocenters. The van der Waals surface area contributed by atoms with Crippen LogP contribution >= 0.6 is 0 Å². The van der Waals surface area contributed by atoms with Crippen molar-refractivity contribution in [1.29, 1.82) is 0 Å². The van der Waals surface area contributed by atoms with Crippen molar-refractivity contribution in [3.63, 3.8) is 0 Å². The number of pyridine rings is 1. The number of rotatable bonds is 3. The molecule has 1 heterocycles. The molecule has 0 aromatic carbocycles. The Morgan fingerprint density at radius 2 is 2.06 bits per heavy atom. The highest BCUT2D eigenvalue weighted by Crippen LogP contribution is 2.27. The summed E-state index contributed by atoms with van der Waals surface area (Å²) in [6, 6.07) is 1.02. The van der Waals surface area contributed by atoms with Crippen molar-refractivity contribution >= 4 is 0 Å². The quantitative estimate of drug-likeness (QED) is 0.870. The van der Waals surface area contributed by atoms with Gasteiger partial charge in [-0.2, -0.15) is 4.98 Å². The van der Waals surface area contributed by atoms with Gasteiger partial charge in [0.15, 0.2) is 0 Å². The van der Waals surface area contributed by atoms with Crippen LogP contribution in [-0.4, -0.2) is 23.6 Å².